The van der Waals surface area contributed by atoms with E-state index >= 15 is 0 Å². The van der Waals surface area contributed by atoms with E-state index in [4.69, 9.17) is 14.2 Å². The summed E-state index contributed by atoms with van der Waals surface area (Å²) in [4.78, 5) is 28.8. The van der Waals surface area contributed by atoms with Crippen LogP contribution in [0.25, 0.3) is 0 Å². The fourth-order valence-corrected chi connectivity index (χ4v) is 3.79. The molecule has 0 saturated carbocycles. The third-order valence-corrected chi connectivity index (χ3v) is 5.37. The largest absolute Gasteiger partial charge is 0.490 e. The first-order valence-electron chi connectivity index (χ1n) is 10.1. The first-order chi connectivity index (χ1) is 14.0. The second-order valence-corrected chi connectivity index (χ2v) is 7.64. The molecular weight excluding hydrogens is 379 g/mol. The number of methoxy groups -OCH3 is 1. The Kier molecular flexibility index (Phi) is 7.44. The number of likely N-dealkylation sites (tertiary alicyclic amines) is 1. The van der Waals surface area contributed by atoms with Gasteiger partial charge in [0, 0.05) is 26.7 Å². The van der Waals surface area contributed by atoms with Gasteiger partial charge in [-0.1, -0.05) is 0 Å². The topological polar surface area (TPSA) is 68.3 Å². The Morgan fingerprint density at radius 1 is 1.07 bits per heavy atom. The van der Waals surface area contributed by atoms with Gasteiger partial charge < -0.3 is 24.0 Å². The lowest BCUT2D eigenvalue weighted by Crippen LogP contribution is -2.59. The Labute approximate surface area is 170 Å². The van der Waals surface area contributed by atoms with Crippen LogP contribution in [0.5, 0.6) is 5.75 Å². The Bertz CT molecular complexity index is 693. The van der Waals surface area contributed by atoms with Crippen molar-refractivity contribution in [2.75, 3.05) is 53.1 Å². The molecule has 1 aromatic rings. The quantitative estimate of drug-likeness (QED) is 0.689. The van der Waals surface area contributed by atoms with Crippen LogP contribution in [0, 0.1) is 5.82 Å². The summed E-state index contributed by atoms with van der Waals surface area (Å²) in [6.07, 6.45) is 3.28. The zero-order valence-electron chi connectivity index (χ0n) is 16.9. The molecule has 2 aliphatic heterocycles. The molecule has 0 radical (unpaired) electrons. The van der Waals surface area contributed by atoms with Gasteiger partial charge in [0.1, 0.15) is 30.4 Å². The molecule has 29 heavy (non-hydrogen) atoms. The standard InChI is InChI=1S/C21H29FN2O5/c1-27-14-20(26)24-11-12-29-21(15-24,13-19(25)23-9-3-2-4-10-23)16-28-18-7-5-17(22)6-8-18/h5-8H,2-4,9-16H2,1H3. The summed E-state index contributed by atoms with van der Waals surface area (Å²) in [6.45, 7) is 2.58. The normalized spacial score (nSPS) is 22.4. The second kappa shape index (κ2) is 10.0. The molecule has 1 atom stereocenters. The van der Waals surface area contributed by atoms with Crippen LogP contribution >= 0.6 is 0 Å². The Balaban J connectivity index is 1.72. The van der Waals surface area contributed by atoms with Crippen LogP contribution in [0.3, 0.4) is 0 Å². The molecule has 2 heterocycles. The Morgan fingerprint density at radius 2 is 1.79 bits per heavy atom. The number of nitrogens with zero attached hydrogens (tertiary/aromatic N) is 2. The summed E-state index contributed by atoms with van der Waals surface area (Å²) in [7, 11) is 1.48. The lowest BCUT2D eigenvalue weighted by Gasteiger charge is -2.43. The number of carbonyl (C=O) groups is 2. The van der Waals surface area contributed by atoms with Gasteiger partial charge in [-0.3, -0.25) is 9.59 Å². The smallest absolute Gasteiger partial charge is 0.248 e. The van der Waals surface area contributed by atoms with Crippen molar-refractivity contribution in [3.8, 4) is 5.75 Å². The number of carbonyl (C=O) groups excluding carboxylic acids is 2. The highest BCUT2D eigenvalue weighted by Crippen LogP contribution is 2.26. The maximum atomic E-state index is 13.2. The SMILES string of the molecule is COCC(=O)N1CCOC(COc2ccc(F)cc2)(CC(=O)N2CCCCC2)C1. The first-order valence-corrected chi connectivity index (χ1v) is 10.1. The summed E-state index contributed by atoms with van der Waals surface area (Å²) in [5, 5.41) is 0. The Hall–Kier alpha value is -2.19. The van der Waals surface area contributed by atoms with Gasteiger partial charge in [-0.2, -0.15) is 0 Å². The van der Waals surface area contributed by atoms with E-state index in [9.17, 15) is 14.0 Å². The molecule has 0 N–H and O–H groups in total. The van der Waals surface area contributed by atoms with Gasteiger partial charge in [0.25, 0.3) is 0 Å². The predicted molar refractivity (Wildman–Crippen MR) is 104 cm³/mol. The van der Waals surface area contributed by atoms with Crippen molar-refractivity contribution in [3.63, 3.8) is 0 Å². The van der Waals surface area contributed by atoms with Gasteiger partial charge in [-0.25, -0.2) is 4.39 Å². The number of ether oxygens (including phenoxy) is 3. The molecule has 0 bridgehead atoms. The van der Waals surface area contributed by atoms with Crippen LogP contribution in [0.15, 0.2) is 24.3 Å². The number of hydrogen-bond donors (Lipinski definition) is 0. The average Bonchev–Trinajstić information content (AvgIpc) is 2.74. The number of amides is 2. The minimum absolute atomic E-state index is 0.00782. The molecule has 2 fully saturated rings. The molecule has 1 aromatic carbocycles. The second-order valence-electron chi connectivity index (χ2n) is 7.64. The lowest BCUT2D eigenvalue weighted by molar-refractivity contribution is -0.168. The van der Waals surface area contributed by atoms with Gasteiger partial charge in [0.2, 0.25) is 11.8 Å². The van der Waals surface area contributed by atoms with Crippen molar-refractivity contribution in [1.29, 1.82) is 0 Å². The number of hydrogen-bond acceptors (Lipinski definition) is 5. The van der Waals surface area contributed by atoms with Crippen LogP contribution < -0.4 is 4.74 Å². The van der Waals surface area contributed by atoms with Gasteiger partial charge in [0.15, 0.2) is 0 Å². The maximum absolute atomic E-state index is 13.2. The molecule has 0 spiro atoms. The van der Waals surface area contributed by atoms with E-state index in [1.807, 2.05) is 4.90 Å². The van der Waals surface area contributed by atoms with Gasteiger partial charge in [0.05, 0.1) is 19.6 Å². The summed E-state index contributed by atoms with van der Waals surface area (Å²) >= 11 is 0. The van der Waals surface area contributed by atoms with Crippen molar-refractivity contribution in [3.05, 3.63) is 30.1 Å². The van der Waals surface area contributed by atoms with E-state index in [0.717, 1.165) is 32.4 Å². The van der Waals surface area contributed by atoms with E-state index in [1.54, 1.807) is 4.90 Å². The predicted octanol–water partition coefficient (Wildman–Crippen LogP) is 1.85. The van der Waals surface area contributed by atoms with Crippen molar-refractivity contribution in [2.24, 2.45) is 0 Å². The zero-order chi connectivity index (χ0) is 20.7. The summed E-state index contributed by atoms with van der Waals surface area (Å²) < 4.78 is 30.0. The molecular formula is C21H29FN2O5. The summed E-state index contributed by atoms with van der Waals surface area (Å²) in [6, 6.07) is 5.70. The molecule has 0 aliphatic carbocycles. The van der Waals surface area contributed by atoms with E-state index in [-0.39, 0.29) is 43.8 Å². The highest BCUT2D eigenvalue weighted by atomic mass is 19.1. The van der Waals surface area contributed by atoms with E-state index in [0.29, 0.717) is 18.9 Å². The number of benzene rings is 1. The number of morpholine rings is 1. The Morgan fingerprint density at radius 3 is 2.48 bits per heavy atom. The molecule has 2 amide bonds. The van der Waals surface area contributed by atoms with Gasteiger partial charge in [-0.05, 0) is 43.5 Å². The van der Waals surface area contributed by atoms with Crippen molar-refractivity contribution in [1.82, 2.24) is 9.80 Å². The summed E-state index contributed by atoms with van der Waals surface area (Å²) in [5.74, 6) is -0.00134. The maximum Gasteiger partial charge on any atom is 0.248 e. The van der Waals surface area contributed by atoms with Crippen molar-refractivity contribution in [2.45, 2.75) is 31.3 Å². The zero-order valence-corrected chi connectivity index (χ0v) is 16.9. The fraction of sp³-hybridized carbons (Fsp3) is 0.619. The summed E-state index contributed by atoms with van der Waals surface area (Å²) in [5.41, 5.74) is -0.954. The van der Waals surface area contributed by atoms with Crippen molar-refractivity contribution < 1.29 is 28.2 Å². The lowest BCUT2D eigenvalue weighted by atomic mass is 9.96. The first kappa shape index (κ1) is 21.5. The van der Waals surface area contributed by atoms with Crippen molar-refractivity contribution >= 4 is 11.8 Å². The molecule has 1 unspecified atom stereocenters. The fourth-order valence-electron chi connectivity index (χ4n) is 3.79. The van der Waals surface area contributed by atoms with E-state index in [2.05, 4.69) is 0 Å². The van der Waals surface area contributed by atoms with Crippen LogP contribution in [0.2, 0.25) is 0 Å². The highest BCUT2D eigenvalue weighted by Gasteiger charge is 2.42. The molecule has 2 saturated heterocycles. The minimum Gasteiger partial charge on any atom is -0.490 e. The van der Waals surface area contributed by atoms with E-state index < -0.39 is 5.60 Å². The van der Waals surface area contributed by atoms with Crippen LogP contribution in [0.1, 0.15) is 25.7 Å². The van der Waals surface area contributed by atoms with Gasteiger partial charge in [-0.15, -0.1) is 0 Å². The number of rotatable bonds is 7. The molecule has 160 valence electrons. The van der Waals surface area contributed by atoms with Crippen LogP contribution in [-0.2, 0) is 19.1 Å². The monoisotopic (exact) mass is 408 g/mol. The highest BCUT2D eigenvalue weighted by molar-refractivity contribution is 5.79. The molecule has 3 rings (SSSR count). The average molecular weight is 408 g/mol. The van der Waals surface area contributed by atoms with Crippen LogP contribution in [0.4, 0.5) is 4.39 Å². The number of halogens is 1. The molecule has 7 nitrogen and oxygen atoms in total. The minimum atomic E-state index is -0.954. The molecule has 2 aliphatic rings. The third-order valence-electron chi connectivity index (χ3n) is 5.37. The molecule has 0 aromatic heterocycles. The third kappa shape index (κ3) is 5.90. The van der Waals surface area contributed by atoms with E-state index in [1.165, 1.54) is 31.4 Å². The van der Waals surface area contributed by atoms with Gasteiger partial charge >= 0.3 is 0 Å². The van der Waals surface area contributed by atoms with Crippen LogP contribution in [-0.4, -0.2) is 80.3 Å². The number of piperidine rings is 1. The molecule has 8 heteroatoms.